The molecule has 0 aliphatic heterocycles. The van der Waals surface area contributed by atoms with Crippen LogP contribution in [-0.2, 0) is 4.74 Å². The fraction of sp³-hybridized carbons (Fsp3) is 0.800. The van der Waals surface area contributed by atoms with Crippen molar-refractivity contribution < 1.29 is 14.1 Å². The minimum atomic E-state index is -0.507. The molecule has 6 heteroatoms. The predicted octanol–water partition coefficient (Wildman–Crippen LogP) is 3.31. The Labute approximate surface area is 124 Å². The van der Waals surface area contributed by atoms with Crippen LogP contribution >= 0.6 is 0 Å². The molecule has 1 atom stereocenters. The van der Waals surface area contributed by atoms with Gasteiger partial charge in [0.2, 0.25) is 5.89 Å². The van der Waals surface area contributed by atoms with E-state index in [2.05, 4.69) is 15.5 Å². The summed E-state index contributed by atoms with van der Waals surface area (Å²) in [5.74, 6) is 2.11. The SMILES string of the molecule is CC(C)(C)OC(=O)NC(c1noc(C2CCC2)n1)C1CC1. The number of nitrogens with zero attached hydrogens (tertiary/aromatic N) is 2. The first-order chi connectivity index (χ1) is 9.92. The van der Waals surface area contributed by atoms with Gasteiger partial charge in [-0.25, -0.2) is 4.79 Å². The number of alkyl carbamates (subject to hydrolysis) is 1. The molecule has 0 bridgehead atoms. The summed E-state index contributed by atoms with van der Waals surface area (Å²) in [5.41, 5.74) is -0.507. The molecule has 0 aromatic carbocycles. The van der Waals surface area contributed by atoms with Crippen molar-refractivity contribution in [3.63, 3.8) is 0 Å². The van der Waals surface area contributed by atoms with E-state index < -0.39 is 11.7 Å². The Balaban J connectivity index is 1.66. The molecule has 21 heavy (non-hydrogen) atoms. The minimum Gasteiger partial charge on any atom is -0.444 e. The summed E-state index contributed by atoms with van der Waals surface area (Å²) in [6, 6.07) is -0.197. The van der Waals surface area contributed by atoms with Gasteiger partial charge in [0, 0.05) is 5.92 Å². The van der Waals surface area contributed by atoms with Gasteiger partial charge >= 0.3 is 6.09 Å². The Morgan fingerprint density at radius 2 is 2.05 bits per heavy atom. The van der Waals surface area contributed by atoms with Gasteiger partial charge in [-0.3, -0.25) is 0 Å². The second-order valence-electron chi connectivity index (χ2n) is 7.08. The molecule has 1 amide bonds. The molecule has 6 nitrogen and oxygen atoms in total. The van der Waals surface area contributed by atoms with Crippen LogP contribution in [0.3, 0.4) is 0 Å². The molecule has 2 aliphatic carbocycles. The number of aromatic nitrogens is 2. The van der Waals surface area contributed by atoms with Gasteiger partial charge in [-0.2, -0.15) is 4.98 Å². The van der Waals surface area contributed by atoms with Crippen molar-refractivity contribution in [1.29, 1.82) is 0 Å². The molecule has 2 aliphatic rings. The Morgan fingerprint density at radius 1 is 1.33 bits per heavy atom. The van der Waals surface area contributed by atoms with E-state index in [1.807, 2.05) is 20.8 Å². The lowest BCUT2D eigenvalue weighted by atomic mass is 9.85. The van der Waals surface area contributed by atoms with Gasteiger partial charge in [0.15, 0.2) is 5.82 Å². The van der Waals surface area contributed by atoms with E-state index in [4.69, 9.17) is 9.26 Å². The van der Waals surface area contributed by atoms with Gasteiger partial charge in [0.1, 0.15) is 5.60 Å². The number of rotatable bonds is 4. The van der Waals surface area contributed by atoms with E-state index in [1.165, 1.54) is 6.42 Å². The first-order valence-electron chi connectivity index (χ1n) is 7.75. The largest absolute Gasteiger partial charge is 0.444 e. The van der Waals surface area contributed by atoms with Crippen molar-refractivity contribution in [2.45, 2.75) is 70.4 Å². The third-order valence-electron chi connectivity index (χ3n) is 3.96. The molecular weight excluding hydrogens is 270 g/mol. The standard InChI is InChI=1S/C15H23N3O3/c1-15(2,3)20-14(19)16-11(9-7-8-9)12-17-13(21-18-12)10-5-4-6-10/h9-11H,4-8H2,1-3H3,(H,16,19). The van der Waals surface area contributed by atoms with E-state index in [9.17, 15) is 4.79 Å². The highest BCUT2D eigenvalue weighted by Gasteiger charge is 2.38. The van der Waals surface area contributed by atoms with Crippen LogP contribution in [0.25, 0.3) is 0 Å². The van der Waals surface area contributed by atoms with E-state index in [1.54, 1.807) is 0 Å². The van der Waals surface area contributed by atoms with Crippen molar-refractivity contribution >= 4 is 6.09 Å². The zero-order valence-electron chi connectivity index (χ0n) is 12.9. The highest BCUT2D eigenvalue weighted by Crippen LogP contribution is 2.41. The second kappa shape index (κ2) is 5.31. The molecule has 2 saturated carbocycles. The number of carbonyl (C=O) groups is 1. The van der Waals surface area contributed by atoms with Crippen LogP contribution < -0.4 is 5.32 Å². The lowest BCUT2D eigenvalue weighted by molar-refractivity contribution is 0.0494. The number of amides is 1. The van der Waals surface area contributed by atoms with E-state index in [0.717, 1.165) is 25.7 Å². The lowest BCUT2D eigenvalue weighted by Gasteiger charge is -2.22. The summed E-state index contributed by atoms with van der Waals surface area (Å²) >= 11 is 0. The fourth-order valence-corrected chi connectivity index (χ4v) is 2.45. The summed E-state index contributed by atoms with van der Waals surface area (Å²) < 4.78 is 10.7. The Bertz CT molecular complexity index is 512. The van der Waals surface area contributed by atoms with Crippen molar-refractivity contribution in [2.24, 2.45) is 5.92 Å². The second-order valence-corrected chi connectivity index (χ2v) is 7.08. The number of ether oxygens (including phenoxy) is 1. The summed E-state index contributed by atoms with van der Waals surface area (Å²) in [5, 5.41) is 6.97. The summed E-state index contributed by atoms with van der Waals surface area (Å²) in [7, 11) is 0. The van der Waals surface area contributed by atoms with Gasteiger partial charge in [0.05, 0.1) is 6.04 Å². The maximum absolute atomic E-state index is 12.0. The molecule has 2 fully saturated rings. The van der Waals surface area contributed by atoms with Crippen LogP contribution in [0.5, 0.6) is 0 Å². The van der Waals surface area contributed by atoms with Crippen LogP contribution in [0.15, 0.2) is 4.52 Å². The summed E-state index contributed by atoms with van der Waals surface area (Å²) in [6.07, 6.45) is 5.20. The molecule has 1 unspecified atom stereocenters. The Kier molecular flexibility index (Phi) is 3.63. The molecule has 1 aromatic rings. The highest BCUT2D eigenvalue weighted by atomic mass is 16.6. The average molecular weight is 293 g/mol. The topological polar surface area (TPSA) is 77.2 Å². The third-order valence-corrected chi connectivity index (χ3v) is 3.96. The smallest absolute Gasteiger partial charge is 0.408 e. The van der Waals surface area contributed by atoms with Crippen LogP contribution in [0, 0.1) is 5.92 Å². The average Bonchev–Trinajstić information content (AvgIpc) is 3.02. The minimum absolute atomic E-state index is 0.197. The Morgan fingerprint density at radius 3 is 2.57 bits per heavy atom. The van der Waals surface area contributed by atoms with Gasteiger partial charge < -0.3 is 14.6 Å². The molecule has 0 saturated heterocycles. The maximum atomic E-state index is 12.0. The molecule has 0 spiro atoms. The first kappa shape index (κ1) is 14.4. The van der Waals surface area contributed by atoms with Crippen LogP contribution in [-0.4, -0.2) is 21.8 Å². The number of nitrogens with one attached hydrogen (secondary N) is 1. The third kappa shape index (κ3) is 3.54. The first-order valence-corrected chi connectivity index (χ1v) is 7.75. The van der Waals surface area contributed by atoms with Gasteiger partial charge in [0.25, 0.3) is 0 Å². The van der Waals surface area contributed by atoms with Gasteiger partial charge in [-0.05, 0) is 52.4 Å². The van der Waals surface area contributed by atoms with Crippen molar-refractivity contribution in [3.05, 3.63) is 11.7 Å². The Hall–Kier alpha value is -1.59. The summed E-state index contributed by atoms with van der Waals surface area (Å²) in [6.45, 7) is 5.55. The molecule has 3 rings (SSSR count). The summed E-state index contributed by atoms with van der Waals surface area (Å²) in [4.78, 5) is 16.5. The number of hydrogen-bond acceptors (Lipinski definition) is 5. The van der Waals surface area contributed by atoms with E-state index in [0.29, 0.717) is 23.6 Å². The maximum Gasteiger partial charge on any atom is 0.408 e. The predicted molar refractivity (Wildman–Crippen MR) is 75.7 cm³/mol. The highest BCUT2D eigenvalue weighted by molar-refractivity contribution is 5.68. The van der Waals surface area contributed by atoms with Crippen molar-refractivity contribution in [3.8, 4) is 0 Å². The fourth-order valence-electron chi connectivity index (χ4n) is 2.45. The van der Waals surface area contributed by atoms with Gasteiger partial charge in [-0.1, -0.05) is 11.6 Å². The zero-order chi connectivity index (χ0) is 15.0. The number of hydrogen-bond donors (Lipinski definition) is 1. The molecule has 0 radical (unpaired) electrons. The van der Waals surface area contributed by atoms with Gasteiger partial charge in [-0.15, -0.1) is 0 Å². The van der Waals surface area contributed by atoms with Crippen LogP contribution in [0.4, 0.5) is 4.79 Å². The van der Waals surface area contributed by atoms with E-state index in [-0.39, 0.29) is 6.04 Å². The normalized spacial score (nSPS) is 20.7. The van der Waals surface area contributed by atoms with Crippen LogP contribution in [0.1, 0.15) is 76.6 Å². The number of carbonyl (C=O) groups excluding carboxylic acids is 1. The molecule has 1 aromatic heterocycles. The van der Waals surface area contributed by atoms with Crippen molar-refractivity contribution in [2.75, 3.05) is 0 Å². The van der Waals surface area contributed by atoms with Crippen LogP contribution in [0.2, 0.25) is 0 Å². The molecule has 1 heterocycles. The zero-order valence-corrected chi connectivity index (χ0v) is 12.9. The monoisotopic (exact) mass is 293 g/mol. The lowest BCUT2D eigenvalue weighted by Crippen LogP contribution is -2.36. The molecular formula is C15H23N3O3. The molecule has 116 valence electrons. The van der Waals surface area contributed by atoms with Crippen molar-refractivity contribution in [1.82, 2.24) is 15.5 Å². The molecule has 1 N–H and O–H groups in total. The quantitative estimate of drug-likeness (QED) is 0.921. The van der Waals surface area contributed by atoms with E-state index >= 15 is 0 Å².